The highest BCUT2D eigenvalue weighted by atomic mass is 16.5. The Morgan fingerprint density at radius 1 is 1.40 bits per heavy atom. The van der Waals surface area contributed by atoms with E-state index in [2.05, 4.69) is 38.5 Å². The molecule has 7 heteroatoms. The van der Waals surface area contributed by atoms with E-state index in [4.69, 9.17) is 4.74 Å². The Morgan fingerprint density at radius 2 is 2.24 bits per heavy atom. The van der Waals surface area contributed by atoms with Crippen LogP contribution in [-0.2, 0) is 11.3 Å². The molecule has 1 fully saturated rings. The van der Waals surface area contributed by atoms with Gasteiger partial charge in [-0.2, -0.15) is 0 Å². The zero-order valence-corrected chi connectivity index (χ0v) is 15.1. The van der Waals surface area contributed by atoms with Crippen LogP contribution in [0.2, 0.25) is 0 Å². The summed E-state index contributed by atoms with van der Waals surface area (Å²) in [7, 11) is 0. The minimum absolute atomic E-state index is 0.169. The van der Waals surface area contributed by atoms with Crippen molar-refractivity contribution in [3.63, 3.8) is 0 Å². The van der Waals surface area contributed by atoms with Crippen molar-refractivity contribution < 1.29 is 9.53 Å². The maximum absolute atomic E-state index is 11.8. The van der Waals surface area contributed by atoms with E-state index < -0.39 is 0 Å². The average Bonchev–Trinajstić information content (AvgIpc) is 3.23. The first-order chi connectivity index (χ1) is 12.1. The molecule has 3 heterocycles. The summed E-state index contributed by atoms with van der Waals surface area (Å²) in [6.45, 7) is 8.35. The minimum Gasteiger partial charge on any atom is -0.462 e. The van der Waals surface area contributed by atoms with Crippen LogP contribution in [0.15, 0.2) is 24.7 Å². The fourth-order valence-corrected chi connectivity index (χ4v) is 3.26. The Bertz CT molecular complexity index is 711. The van der Waals surface area contributed by atoms with Crippen LogP contribution < -0.4 is 4.90 Å². The molecule has 7 nitrogen and oxygen atoms in total. The standard InChI is InChI=1S/C18H25N5O2/c1-4-25-18(24)14-7-8-16(19-10-14)23-9-5-6-15(23)17-21-20-12-22(17)11-13(2)3/h7-8,10,12-13,15H,4-6,9,11H2,1-3H3. The number of ether oxygens (including phenoxy) is 1. The Hall–Kier alpha value is -2.44. The normalized spacial score (nSPS) is 17.3. The van der Waals surface area contributed by atoms with Gasteiger partial charge in [0.1, 0.15) is 12.1 Å². The molecule has 25 heavy (non-hydrogen) atoms. The van der Waals surface area contributed by atoms with Crippen molar-refractivity contribution in [3.05, 3.63) is 36.0 Å². The Kier molecular flexibility index (Phi) is 5.31. The molecule has 1 aliphatic heterocycles. The number of pyridine rings is 1. The zero-order valence-electron chi connectivity index (χ0n) is 15.1. The molecule has 1 saturated heterocycles. The lowest BCUT2D eigenvalue weighted by atomic mass is 10.2. The predicted molar refractivity (Wildman–Crippen MR) is 94.4 cm³/mol. The number of nitrogens with zero attached hydrogens (tertiary/aromatic N) is 5. The van der Waals surface area contributed by atoms with Crippen LogP contribution >= 0.6 is 0 Å². The predicted octanol–water partition coefficient (Wildman–Crippen LogP) is 2.85. The van der Waals surface area contributed by atoms with Crippen LogP contribution in [-0.4, -0.2) is 38.9 Å². The van der Waals surface area contributed by atoms with Crippen LogP contribution in [0.25, 0.3) is 0 Å². The third kappa shape index (κ3) is 3.81. The molecule has 0 aromatic carbocycles. The highest BCUT2D eigenvalue weighted by Gasteiger charge is 2.31. The van der Waals surface area contributed by atoms with E-state index in [1.165, 1.54) is 0 Å². The average molecular weight is 343 g/mol. The van der Waals surface area contributed by atoms with Gasteiger partial charge in [-0.3, -0.25) is 0 Å². The summed E-state index contributed by atoms with van der Waals surface area (Å²) in [4.78, 5) is 18.5. The number of hydrogen-bond acceptors (Lipinski definition) is 6. The fraction of sp³-hybridized carbons (Fsp3) is 0.556. The largest absolute Gasteiger partial charge is 0.462 e. The molecule has 0 amide bonds. The van der Waals surface area contributed by atoms with E-state index in [0.29, 0.717) is 18.1 Å². The van der Waals surface area contributed by atoms with Crippen LogP contribution in [0.1, 0.15) is 55.8 Å². The van der Waals surface area contributed by atoms with Gasteiger partial charge in [-0.05, 0) is 37.8 Å². The number of rotatable bonds is 6. The highest BCUT2D eigenvalue weighted by molar-refractivity contribution is 5.89. The van der Waals surface area contributed by atoms with Crippen molar-refractivity contribution in [2.75, 3.05) is 18.1 Å². The maximum atomic E-state index is 11.8. The third-order valence-electron chi connectivity index (χ3n) is 4.31. The number of hydrogen-bond donors (Lipinski definition) is 0. The summed E-state index contributed by atoms with van der Waals surface area (Å²) in [6.07, 6.45) is 5.50. The van der Waals surface area contributed by atoms with E-state index >= 15 is 0 Å². The Balaban J connectivity index is 1.80. The molecular formula is C18H25N5O2. The molecule has 3 rings (SSSR count). The van der Waals surface area contributed by atoms with Crippen LogP contribution in [0, 0.1) is 5.92 Å². The van der Waals surface area contributed by atoms with Gasteiger partial charge in [0.15, 0.2) is 5.82 Å². The van der Waals surface area contributed by atoms with Crippen LogP contribution in [0.5, 0.6) is 0 Å². The SMILES string of the molecule is CCOC(=O)c1ccc(N2CCCC2c2nncn2CC(C)C)nc1. The summed E-state index contributed by atoms with van der Waals surface area (Å²) < 4.78 is 7.15. The molecule has 134 valence electrons. The zero-order chi connectivity index (χ0) is 17.8. The molecule has 0 bridgehead atoms. The third-order valence-corrected chi connectivity index (χ3v) is 4.31. The molecule has 2 aromatic rings. The monoisotopic (exact) mass is 343 g/mol. The maximum Gasteiger partial charge on any atom is 0.339 e. The van der Waals surface area contributed by atoms with Gasteiger partial charge in [0, 0.05) is 19.3 Å². The highest BCUT2D eigenvalue weighted by Crippen LogP contribution is 2.34. The minimum atomic E-state index is -0.337. The molecule has 0 radical (unpaired) electrons. The number of carbonyl (C=O) groups excluding carboxylic acids is 1. The van der Waals surface area contributed by atoms with Crippen molar-refractivity contribution in [2.45, 2.75) is 46.2 Å². The molecule has 0 saturated carbocycles. The smallest absolute Gasteiger partial charge is 0.339 e. The lowest BCUT2D eigenvalue weighted by Gasteiger charge is -2.25. The second-order valence-electron chi connectivity index (χ2n) is 6.71. The van der Waals surface area contributed by atoms with E-state index in [1.54, 1.807) is 19.2 Å². The number of aromatic nitrogens is 4. The lowest BCUT2D eigenvalue weighted by molar-refractivity contribution is 0.0526. The van der Waals surface area contributed by atoms with E-state index in [0.717, 1.165) is 37.6 Å². The quantitative estimate of drug-likeness (QED) is 0.751. The number of carbonyl (C=O) groups is 1. The summed E-state index contributed by atoms with van der Waals surface area (Å²) >= 11 is 0. The lowest BCUT2D eigenvalue weighted by Crippen LogP contribution is -2.26. The van der Waals surface area contributed by atoms with E-state index in [-0.39, 0.29) is 12.0 Å². The molecule has 1 unspecified atom stereocenters. The molecule has 0 aliphatic carbocycles. The van der Waals surface area contributed by atoms with E-state index in [9.17, 15) is 4.79 Å². The van der Waals surface area contributed by atoms with Crippen molar-refractivity contribution in [3.8, 4) is 0 Å². The van der Waals surface area contributed by atoms with Crippen molar-refractivity contribution in [1.82, 2.24) is 19.7 Å². The van der Waals surface area contributed by atoms with Crippen LogP contribution in [0.4, 0.5) is 5.82 Å². The summed E-state index contributed by atoms with van der Waals surface area (Å²) in [6, 6.07) is 3.82. The first kappa shape index (κ1) is 17.4. The van der Waals surface area contributed by atoms with Gasteiger partial charge < -0.3 is 14.2 Å². The molecule has 0 spiro atoms. The molecule has 1 aliphatic rings. The molecule has 1 atom stereocenters. The molecule has 2 aromatic heterocycles. The van der Waals surface area contributed by atoms with Gasteiger partial charge in [-0.15, -0.1) is 10.2 Å². The van der Waals surface area contributed by atoms with Crippen molar-refractivity contribution in [2.24, 2.45) is 5.92 Å². The Labute approximate surface area is 148 Å². The summed E-state index contributed by atoms with van der Waals surface area (Å²) in [5.41, 5.74) is 0.476. The van der Waals surface area contributed by atoms with Gasteiger partial charge in [0.05, 0.1) is 18.2 Å². The summed E-state index contributed by atoms with van der Waals surface area (Å²) in [5.74, 6) is 2.04. The number of anilines is 1. The van der Waals surface area contributed by atoms with Gasteiger partial charge in [-0.25, -0.2) is 9.78 Å². The summed E-state index contributed by atoms with van der Waals surface area (Å²) in [5, 5.41) is 8.48. The molecular weight excluding hydrogens is 318 g/mol. The topological polar surface area (TPSA) is 73.1 Å². The second kappa shape index (κ2) is 7.63. The van der Waals surface area contributed by atoms with Crippen molar-refractivity contribution in [1.29, 1.82) is 0 Å². The number of esters is 1. The fourth-order valence-electron chi connectivity index (χ4n) is 3.26. The van der Waals surface area contributed by atoms with Gasteiger partial charge in [-0.1, -0.05) is 13.8 Å². The first-order valence-corrected chi connectivity index (χ1v) is 8.87. The first-order valence-electron chi connectivity index (χ1n) is 8.87. The van der Waals surface area contributed by atoms with Gasteiger partial charge in [0.25, 0.3) is 0 Å². The molecule has 0 N–H and O–H groups in total. The van der Waals surface area contributed by atoms with Crippen molar-refractivity contribution >= 4 is 11.8 Å². The van der Waals surface area contributed by atoms with E-state index in [1.807, 2.05) is 12.4 Å². The second-order valence-corrected chi connectivity index (χ2v) is 6.71. The van der Waals surface area contributed by atoms with Gasteiger partial charge in [0.2, 0.25) is 0 Å². The Morgan fingerprint density at radius 3 is 2.92 bits per heavy atom. The van der Waals surface area contributed by atoms with Gasteiger partial charge >= 0.3 is 5.97 Å². The van der Waals surface area contributed by atoms with Crippen LogP contribution in [0.3, 0.4) is 0 Å².